The minimum Gasteiger partial charge on any atom is -0.368 e. The molecule has 2 atom stereocenters. The van der Waals surface area contributed by atoms with Crippen LogP contribution in [-0.2, 0) is 4.79 Å². The third-order valence-corrected chi connectivity index (χ3v) is 2.09. The maximum absolute atomic E-state index is 10.7. The number of likely N-dealkylation sites (N-methyl/N-ethyl adjacent to an activating group) is 1. The Morgan fingerprint density at radius 2 is 2.30 bits per heavy atom. The molecular formula is C7H14N2O. The van der Waals surface area contributed by atoms with E-state index in [-0.39, 0.29) is 11.9 Å². The van der Waals surface area contributed by atoms with Crippen LogP contribution in [0, 0.1) is 5.92 Å². The van der Waals surface area contributed by atoms with E-state index < -0.39 is 0 Å². The SMILES string of the molecule is C[C@@H]1CC(C(N)=O)N(C)C1. The summed E-state index contributed by atoms with van der Waals surface area (Å²) in [5.74, 6) is 0.425. The van der Waals surface area contributed by atoms with Gasteiger partial charge in [0.1, 0.15) is 0 Å². The van der Waals surface area contributed by atoms with Crippen molar-refractivity contribution in [3.8, 4) is 0 Å². The number of carbonyl (C=O) groups is 1. The van der Waals surface area contributed by atoms with Gasteiger partial charge in [-0.1, -0.05) is 6.92 Å². The van der Waals surface area contributed by atoms with Crippen LogP contribution in [0.15, 0.2) is 0 Å². The summed E-state index contributed by atoms with van der Waals surface area (Å²) >= 11 is 0. The van der Waals surface area contributed by atoms with Crippen molar-refractivity contribution in [2.45, 2.75) is 19.4 Å². The highest BCUT2D eigenvalue weighted by molar-refractivity contribution is 5.80. The second-order valence-corrected chi connectivity index (χ2v) is 3.20. The molecule has 1 aliphatic rings. The maximum atomic E-state index is 10.7. The van der Waals surface area contributed by atoms with Crippen molar-refractivity contribution < 1.29 is 4.79 Å². The maximum Gasteiger partial charge on any atom is 0.234 e. The molecular weight excluding hydrogens is 128 g/mol. The molecule has 1 aliphatic heterocycles. The van der Waals surface area contributed by atoms with Crippen LogP contribution in [0.25, 0.3) is 0 Å². The summed E-state index contributed by atoms with van der Waals surface area (Å²) < 4.78 is 0. The van der Waals surface area contributed by atoms with Crippen molar-refractivity contribution in [2.24, 2.45) is 11.7 Å². The summed E-state index contributed by atoms with van der Waals surface area (Å²) in [7, 11) is 1.94. The average molecular weight is 142 g/mol. The molecule has 1 rings (SSSR count). The van der Waals surface area contributed by atoms with Crippen molar-refractivity contribution in [3.63, 3.8) is 0 Å². The van der Waals surface area contributed by atoms with Crippen LogP contribution in [0.4, 0.5) is 0 Å². The number of hydrogen-bond donors (Lipinski definition) is 1. The normalized spacial score (nSPS) is 34.6. The largest absolute Gasteiger partial charge is 0.368 e. The van der Waals surface area contributed by atoms with E-state index in [1.807, 2.05) is 11.9 Å². The van der Waals surface area contributed by atoms with Crippen LogP contribution in [-0.4, -0.2) is 30.4 Å². The molecule has 1 heterocycles. The Kier molecular flexibility index (Phi) is 1.94. The van der Waals surface area contributed by atoms with E-state index in [1.165, 1.54) is 0 Å². The lowest BCUT2D eigenvalue weighted by Crippen LogP contribution is -2.37. The molecule has 3 heteroatoms. The van der Waals surface area contributed by atoms with Crippen molar-refractivity contribution in [1.29, 1.82) is 0 Å². The molecule has 58 valence electrons. The molecule has 1 saturated heterocycles. The van der Waals surface area contributed by atoms with Crippen LogP contribution >= 0.6 is 0 Å². The third-order valence-electron chi connectivity index (χ3n) is 2.09. The minimum atomic E-state index is -0.188. The predicted octanol–water partition coefficient (Wildman–Crippen LogP) is -0.188. The van der Waals surface area contributed by atoms with E-state index >= 15 is 0 Å². The standard InChI is InChI=1S/C7H14N2O/c1-5-3-6(7(8)10)9(2)4-5/h5-6H,3-4H2,1-2H3,(H2,8,10)/t5-,6?/m1/s1. The van der Waals surface area contributed by atoms with Gasteiger partial charge in [0.15, 0.2) is 0 Å². The second-order valence-electron chi connectivity index (χ2n) is 3.20. The zero-order valence-electron chi connectivity index (χ0n) is 6.50. The Hall–Kier alpha value is -0.570. The summed E-state index contributed by atoms with van der Waals surface area (Å²) in [6, 6.07) is -0.0185. The molecule has 0 aromatic rings. The minimum absolute atomic E-state index is 0.0185. The van der Waals surface area contributed by atoms with Crippen LogP contribution in [0.2, 0.25) is 0 Å². The summed E-state index contributed by atoms with van der Waals surface area (Å²) in [4.78, 5) is 12.8. The van der Waals surface area contributed by atoms with Crippen LogP contribution in [0.3, 0.4) is 0 Å². The first kappa shape index (κ1) is 7.54. The van der Waals surface area contributed by atoms with E-state index in [4.69, 9.17) is 5.73 Å². The molecule has 10 heavy (non-hydrogen) atoms. The Bertz CT molecular complexity index is 147. The lowest BCUT2D eigenvalue weighted by molar-refractivity contribution is -0.121. The van der Waals surface area contributed by atoms with Gasteiger partial charge in [0, 0.05) is 6.54 Å². The van der Waals surface area contributed by atoms with Crippen LogP contribution < -0.4 is 5.73 Å². The molecule has 1 unspecified atom stereocenters. The summed E-state index contributed by atoms with van der Waals surface area (Å²) in [5, 5.41) is 0. The van der Waals surface area contributed by atoms with Crippen LogP contribution in [0.1, 0.15) is 13.3 Å². The zero-order chi connectivity index (χ0) is 7.72. The highest BCUT2D eigenvalue weighted by Crippen LogP contribution is 2.19. The topological polar surface area (TPSA) is 46.3 Å². The number of carbonyl (C=O) groups excluding carboxylic acids is 1. The average Bonchev–Trinajstić information content (AvgIpc) is 2.10. The van der Waals surface area contributed by atoms with Crippen LogP contribution in [0.5, 0.6) is 0 Å². The van der Waals surface area contributed by atoms with Gasteiger partial charge < -0.3 is 5.73 Å². The quantitative estimate of drug-likeness (QED) is 0.551. The molecule has 1 amide bonds. The Morgan fingerprint density at radius 1 is 1.70 bits per heavy atom. The first-order valence-corrected chi connectivity index (χ1v) is 3.61. The highest BCUT2D eigenvalue weighted by Gasteiger charge is 2.30. The summed E-state index contributed by atoms with van der Waals surface area (Å²) in [6.07, 6.45) is 0.922. The predicted molar refractivity (Wildman–Crippen MR) is 39.4 cm³/mol. The van der Waals surface area contributed by atoms with Gasteiger partial charge in [-0.05, 0) is 19.4 Å². The van der Waals surface area contributed by atoms with Crippen molar-refractivity contribution in [1.82, 2.24) is 4.90 Å². The molecule has 3 nitrogen and oxygen atoms in total. The molecule has 0 aromatic carbocycles. The van der Waals surface area contributed by atoms with Gasteiger partial charge in [-0.15, -0.1) is 0 Å². The monoisotopic (exact) mass is 142 g/mol. The molecule has 1 fully saturated rings. The van der Waals surface area contributed by atoms with E-state index in [9.17, 15) is 4.79 Å². The summed E-state index contributed by atoms with van der Waals surface area (Å²) in [5.41, 5.74) is 5.17. The third kappa shape index (κ3) is 1.29. The molecule has 0 aromatic heterocycles. The van der Waals surface area contributed by atoms with Gasteiger partial charge in [0.05, 0.1) is 6.04 Å². The van der Waals surface area contributed by atoms with E-state index in [2.05, 4.69) is 6.92 Å². The van der Waals surface area contributed by atoms with Crippen molar-refractivity contribution >= 4 is 5.91 Å². The number of primary amides is 1. The van der Waals surface area contributed by atoms with Gasteiger partial charge in [-0.2, -0.15) is 0 Å². The summed E-state index contributed by atoms with van der Waals surface area (Å²) in [6.45, 7) is 3.13. The first-order valence-electron chi connectivity index (χ1n) is 3.61. The molecule has 0 saturated carbocycles. The molecule has 0 spiro atoms. The van der Waals surface area contributed by atoms with Gasteiger partial charge in [-0.3, -0.25) is 9.69 Å². The van der Waals surface area contributed by atoms with Crippen molar-refractivity contribution in [2.75, 3.05) is 13.6 Å². The number of nitrogens with two attached hydrogens (primary N) is 1. The van der Waals surface area contributed by atoms with Gasteiger partial charge in [0.25, 0.3) is 0 Å². The molecule has 0 radical (unpaired) electrons. The molecule has 0 aliphatic carbocycles. The number of likely N-dealkylation sites (tertiary alicyclic amines) is 1. The fraction of sp³-hybridized carbons (Fsp3) is 0.857. The lowest BCUT2D eigenvalue weighted by Gasteiger charge is -2.14. The number of hydrogen-bond acceptors (Lipinski definition) is 2. The van der Waals surface area contributed by atoms with E-state index in [0.717, 1.165) is 13.0 Å². The number of amides is 1. The lowest BCUT2D eigenvalue weighted by atomic mass is 10.1. The van der Waals surface area contributed by atoms with E-state index in [1.54, 1.807) is 0 Å². The van der Waals surface area contributed by atoms with Gasteiger partial charge >= 0.3 is 0 Å². The smallest absolute Gasteiger partial charge is 0.234 e. The molecule has 2 N–H and O–H groups in total. The highest BCUT2D eigenvalue weighted by atomic mass is 16.1. The molecule has 0 bridgehead atoms. The Labute approximate surface area is 61.2 Å². The van der Waals surface area contributed by atoms with E-state index in [0.29, 0.717) is 5.92 Å². The van der Waals surface area contributed by atoms with Crippen molar-refractivity contribution in [3.05, 3.63) is 0 Å². The first-order chi connectivity index (χ1) is 4.61. The zero-order valence-corrected chi connectivity index (χ0v) is 6.50. The Balaban J connectivity index is 2.54. The second kappa shape index (κ2) is 2.58. The Morgan fingerprint density at radius 3 is 2.50 bits per heavy atom. The fourth-order valence-electron chi connectivity index (χ4n) is 1.59. The van der Waals surface area contributed by atoms with Gasteiger partial charge in [0.2, 0.25) is 5.91 Å². The number of nitrogens with zero attached hydrogens (tertiary/aromatic N) is 1. The van der Waals surface area contributed by atoms with Gasteiger partial charge in [-0.25, -0.2) is 0 Å². The fourth-order valence-corrected chi connectivity index (χ4v) is 1.59. The number of rotatable bonds is 1.